The lowest BCUT2D eigenvalue weighted by molar-refractivity contribution is 0.102. The molecule has 2 amide bonds. The van der Waals surface area contributed by atoms with Gasteiger partial charge in [0.1, 0.15) is 0 Å². The van der Waals surface area contributed by atoms with E-state index in [0.717, 1.165) is 11.4 Å². The second-order valence-corrected chi connectivity index (χ2v) is 8.21. The highest BCUT2D eigenvalue weighted by molar-refractivity contribution is 6.37. The zero-order chi connectivity index (χ0) is 23.5. The van der Waals surface area contributed by atoms with Gasteiger partial charge in [-0.1, -0.05) is 53.5 Å². The molecule has 166 valence electrons. The van der Waals surface area contributed by atoms with Crippen molar-refractivity contribution in [3.8, 4) is 5.69 Å². The molecule has 6 nitrogen and oxygen atoms in total. The number of amides is 2. The molecule has 0 bridgehead atoms. The van der Waals surface area contributed by atoms with E-state index in [4.69, 9.17) is 23.2 Å². The Balaban J connectivity index is 1.59. The van der Waals surface area contributed by atoms with Gasteiger partial charge >= 0.3 is 0 Å². The van der Waals surface area contributed by atoms with Gasteiger partial charge in [-0.05, 0) is 56.3 Å². The summed E-state index contributed by atoms with van der Waals surface area (Å²) in [5.74, 6) is -0.812. The van der Waals surface area contributed by atoms with Crippen molar-refractivity contribution in [1.29, 1.82) is 0 Å². The summed E-state index contributed by atoms with van der Waals surface area (Å²) in [6.07, 6.45) is 0. The number of aryl methyl sites for hydroxylation is 1. The van der Waals surface area contributed by atoms with Gasteiger partial charge in [-0.3, -0.25) is 9.59 Å². The lowest BCUT2D eigenvalue weighted by atomic mass is 10.1. The van der Waals surface area contributed by atoms with Crippen LogP contribution in [0.1, 0.15) is 32.1 Å². The van der Waals surface area contributed by atoms with Crippen molar-refractivity contribution in [2.24, 2.45) is 0 Å². The number of aromatic nitrogens is 2. The Morgan fingerprint density at radius 2 is 1.48 bits per heavy atom. The maximum atomic E-state index is 13.2. The van der Waals surface area contributed by atoms with Gasteiger partial charge in [-0.2, -0.15) is 5.10 Å². The predicted molar refractivity (Wildman–Crippen MR) is 132 cm³/mol. The smallest absolute Gasteiger partial charge is 0.257 e. The molecule has 0 saturated carbocycles. The third-order valence-electron chi connectivity index (χ3n) is 5.13. The molecule has 0 spiro atoms. The standard InChI is InChI=1S/C25H20Cl2N4O2/c1-15-23(16(2)31(30-15)18-8-4-3-5-9-18)29-25(33)20-10-6-7-11-22(20)28-24(32)19-13-12-17(26)14-21(19)27/h3-14H,1-2H3,(H,28,32)(H,29,33). The maximum Gasteiger partial charge on any atom is 0.257 e. The molecular formula is C25H20Cl2N4O2. The molecule has 8 heteroatoms. The highest BCUT2D eigenvalue weighted by atomic mass is 35.5. The second-order valence-electron chi connectivity index (χ2n) is 7.37. The summed E-state index contributed by atoms with van der Waals surface area (Å²) in [6, 6.07) is 21.0. The molecule has 0 atom stereocenters. The van der Waals surface area contributed by atoms with Gasteiger partial charge in [0, 0.05) is 5.02 Å². The molecule has 1 aromatic heterocycles. The van der Waals surface area contributed by atoms with Gasteiger partial charge in [0.05, 0.1) is 44.6 Å². The number of rotatable bonds is 5. The van der Waals surface area contributed by atoms with E-state index in [0.29, 0.717) is 27.7 Å². The number of hydrogen-bond donors (Lipinski definition) is 2. The summed E-state index contributed by atoms with van der Waals surface area (Å²) >= 11 is 12.1. The highest BCUT2D eigenvalue weighted by Crippen LogP contribution is 2.26. The van der Waals surface area contributed by atoms with Crippen LogP contribution in [0.25, 0.3) is 5.69 Å². The minimum Gasteiger partial charge on any atom is -0.321 e. The number of hydrogen-bond acceptors (Lipinski definition) is 3. The molecule has 1 heterocycles. The molecule has 4 rings (SSSR count). The third kappa shape index (κ3) is 4.77. The fourth-order valence-electron chi connectivity index (χ4n) is 3.48. The molecule has 0 aliphatic carbocycles. The van der Waals surface area contributed by atoms with Crippen molar-refractivity contribution < 1.29 is 9.59 Å². The molecule has 0 radical (unpaired) electrons. The first-order chi connectivity index (χ1) is 15.8. The predicted octanol–water partition coefficient (Wildman–Crippen LogP) is 6.30. The lowest BCUT2D eigenvalue weighted by Crippen LogP contribution is -2.19. The summed E-state index contributed by atoms with van der Waals surface area (Å²) < 4.78 is 1.78. The van der Waals surface area contributed by atoms with Crippen molar-refractivity contribution >= 4 is 46.4 Å². The Bertz CT molecular complexity index is 1350. The Morgan fingerprint density at radius 1 is 0.818 bits per heavy atom. The first-order valence-corrected chi connectivity index (χ1v) is 10.9. The minimum atomic E-state index is -0.443. The van der Waals surface area contributed by atoms with Crippen LogP contribution in [-0.4, -0.2) is 21.6 Å². The summed E-state index contributed by atoms with van der Waals surface area (Å²) in [6.45, 7) is 3.72. The quantitative estimate of drug-likeness (QED) is 0.353. The van der Waals surface area contributed by atoms with Crippen LogP contribution in [0.15, 0.2) is 72.8 Å². The number of para-hydroxylation sites is 2. The number of benzene rings is 3. The average molecular weight is 479 g/mol. The van der Waals surface area contributed by atoms with Crippen LogP contribution in [0.2, 0.25) is 10.0 Å². The van der Waals surface area contributed by atoms with Gasteiger partial charge < -0.3 is 10.6 Å². The number of halogens is 2. The molecule has 0 saturated heterocycles. The van der Waals surface area contributed by atoms with Crippen molar-refractivity contribution in [3.05, 3.63) is 105 Å². The Morgan fingerprint density at radius 3 is 2.21 bits per heavy atom. The number of nitrogens with one attached hydrogen (secondary N) is 2. The van der Waals surface area contributed by atoms with Gasteiger partial charge in [0.25, 0.3) is 11.8 Å². The van der Waals surface area contributed by atoms with Gasteiger partial charge in [0.2, 0.25) is 0 Å². The van der Waals surface area contributed by atoms with E-state index in [-0.39, 0.29) is 16.5 Å². The molecule has 0 aliphatic rings. The number of nitrogens with zero attached hydrogens (tertiary/aromatic N) is 2. The van der Waals surface area contributed by atoms with E-state index in [1.807, 2.05) is 44.2 Å². The molecule has 4 aromatic rings. The van der Waals surface area contributed by atoms with E-state index in [1.165, 1.54) is 12.1 Å². The minimum absolute atomic E-state index is 0.224. The lowest BCUT2D eigenvalue weighted by Gasteiger charge is -2.12. The van der Waals surface area contributed by atoms with Crippen molar-refractivity contribution in [3.63, 3.8) is 0 Å². The van der Waals surface area contributed by atoms with Crippen LogP contribution in [0.5, 0.6) is 0 Å². The highest BCUT2D eigenvalue weighted by Gasteiger charge is 2.19. The Kier molecular flexibility index (Phi) is 6.49. The van der Waals surface area contributed by atoms with E-state index in [9.17, 15) is 9.59 Å². The monoisotopic (exact) mass is 478 g/mol. The summed E-state index contributed by atoms with van der Waals surface area (Å²) in [7, 11) is 0. The topological polar surface area (TPSA) is 76.0 Å². The Labute approximate surface area is 201 Å². The van der Waals surface area contributed by atoms with Gasteiger partial charge in [-0.15, -0.1) is 0 Å². The Hall–Kier alpha value is -3.61. The molecule has 33 heavy (non-hydrogen) atoms. The van der Waals surface area contributed by atoms with Crippen LogP contribution in [-0.2, 0) is 0 Å². The molecule has 0 aliphatic heterocycles. The fourth-order valence-corrected chi connectivity index (χ4v) is 3.97. The van der Waals surface area contributed by atoms with Crippen LogP contribution in [0.4, 0.5) is 11.4 Å². The van der Waals surface area contributed by atoms with Crippen LogP contribution in [0.3, 0.4) is 0 Å². The van der Waals surface area contributed by atoms with Crippen molar-refractivity contribution in [2.75, 3.05) is 10.6 Å². The molecular weight excluding hydrogens is 459 g/mol. The molecule has 0 fully saturated rings. The number of carbonyl (C=O) groups excluding carboxylic acids is 2. The summed E-state index contributed by atoms with van der Waals surface area (Å²) in [4.78, 5) is 25.9. The normalized spacial score (nSPS) is 10.7. The summed E-state index contributed by atoms with van der Waals surface area (Å²) in [5, 5.41) is 10.9. The average Bonchev–Trinajstić information content (AvgIpc) is 3.08. The fraction of sp³-hybridized carbons (Fsp3) is 0.0800. The molecule has 0 unspecified atom stereocenters. The summed E-state index contributed by atoms with van der Waals surface area (Å²) in [5.41, 5.74) is 3.91. The van der Waals surface area contributed by atoms with E-state index >= 15 is 0 Å². The van der Waals surface area contributed by atoms with E-state index in [1.54, 1.807) is 35.0 Å². The molecule has 2 N–H and O–H groups in total. The van der Waals surface area contributed by atoms with Gasteiger partial charge in [0.15, 0.2) is 0 Å². The molecule has 3 aromatic carbocycles. The largest absolute Gasteiger partial charge is 0.321 e. The SMILES string of the molecule is Cc1nn(-c2ccccc2)c(C)c1NC(=O)c1ccccc1NC(=O)c1ccc(Cl)cc1Cl. The van der Waals surface area contributed by atoms with Crippen LogP contribution < -0.4 is 10.6 Å². The maximum absolute atomic E-state index is 13.2. The first kappa shape index (κ1) is 22.6. The van der Waals surface area contributed by atoms with Crippen LogP contribution in [0, 0.1) is 13.8 Å². The number of anilines is 2. The third-order valence-corrected chi connectivity index (χ3v) is 5.67. The first-order valence-electron chi connectivity index (χ1n) is 10.1. The van der Waals surface area contributed by atoms with Crippen LogP contribution >= 0.6 is 23.2 Å². The van der Waals surface area contributed by atoms with Gasteiger partial charge in [-0.25, -0.2) is 4.68 Å². The van der Waals surface area contributed by atoms with Crippen molar-refractivity contribution in [1.82, 2.24) is 9.78 Å². The zero-order valence-corrected chi connectivity index (χ0v) is 19.4. The van der Waals surface area contributed by atoms with Crippen molar-refractivity contribution in [2.45, 2.75) is 13.8 Å². The van der Waals surface area contributed by atoms with E-state index in [2.05, 4.69) is 15.7 Å². The second kappa shape index (κ2) is 9.48. The van der Waals surface area contributed by atoms with E-state index < -0.39 is 5.91 Å². The number of carbonyl (C=O) groups is 2. The zero-order valence-electron chi connectivity index (χ0n) is 17.9.